The maximum Gasteiger partial charge on any atom is 0.573 e. The van der Waals surface area contributed by atoms with Crippen LogP contribution in [0.4, 0.5) is 22.0 Å². The molecule has 148 valence electrons. The molecule has 0 aliphatic rings. The maximum atomic E-state index is 14.0. The predicted octanol–water partition coefficient (Wildman–Crippen LogP) is 4.14. The highest BCUT2D eigenvalue weighted by Gasteiger charge is 2.31. The van der Waals surface area contributed by atoms with Gasteiger partial charge in [-0.25, -0.2) is 13.8 Å². The number of nitrogens with zero attached hydrogens (tertiary/aromatic N) is 3. The molecule has 0 spiro atoms. The molecule has 4 aromatic rings. The number of H-pyrrole nitrogens is 1. The van der Waals surface area contributed by atoms with Gasteiger partial charge in [-0.1, -0.05) is 22.9 Å². The second-order valence-electron chi connectivity index (χ2n) is 6.15. The summed E-state index contributed by atoms with van der Waals surface area (Å²) in [5.74, 6) is -2.20. The van der Waals surface area contributed by atoms with Crippen molar-refractivity contribution in [2.45, 2.75) is 12.9 Å². The molecule has 10 heteroatoms. The van der Waals surface area contributed by atoms with Gasteiger partial charge in [0.05, 0.1) is 5.56 Å². The Morgan fingerprint density at radius 1 is 1.07 bits per heavy atom. The largest absolute Gasteiger partial charge is 0.573 e. The van der Waals surface area contributed by atoms with Crippen molar-refractivity contribution in [3.05, 3.63) is 72.1 Å². The second-order valence-corrected chi connectivity index (χ2v) is 6.15. The van der Waals surface area contributed by atoms with Crippen LogP contribution in [-0.2, 0) is 6.54 Å². The quantitative estimate of drug-likeness (QED) is 0.409. The minimum atomic E-state index is -4.78. The third-order valence-corrected chi connectivity index (χ3v) is 4.05. The Bertz CT molecular complexity index is 1190. The first kappa shape index (κ1) is 18.8. The number of ether oxygens (including phenoxy) is 1. The standard InChI is InChI=1S/C19H11F5N4O/c20-14-6-2-5-13(17(14)21)18-26-15-8-25-28(10-16(15)27-18)9-11-3-1-4-12(7-11)29-19(22,23)24/h1-8,10H,9H2/p+1. The summed E-state index contributed by atoms with van der Waals surface area (Å²) in [5.41, 5.74) is 1.43. The average Bonchev–Trinajstić information content (AvgIpc) is 3.06. The zero-order valence-electron chi connectivity index (χ0n) is 14.5. The molecule has 0 amide bonds. The molecule has 0 bridgehead atoms. The van der Waals surface area contributed by atoms with Crippen LogP contribution >= 0.6 is 0 Å². The van der Waals surface area contributed by atoms with Crippen molar-refractivity contribution in [2.75, 3.05) is 0 Å². The van der Waals surface area contributed by atoms with E-state index in [-0.39, 0.29) is 23.7 Å². The molecule has 0 aliphatic carbocycles. The summed E-state index contributed by atoms with van der Waals surface area (Å²) >= 11 is 0. The van der Waals surface area contributed by atoms with E-state index < -0.39 is 18.0 Å². The van der Waals surface area contributed by atoms with E-state index in [0.717, 1.165) is 6.07 Å². The first-order valence-corrected chi connectivity index (χ1v) is 8.33. The van der Waals surface area contributed by atoms with Gasteiger partial charge in [-0.05, 0) is 29.4 Å². The van der Waals surface area contributed by atoms with Crippen LogP contribution in [-0.4, -0.2) is 21.4 Å². The number of alkyl halides is 3. The third-order valence-electron chi connectivity index (χ3n) is 4.05. The van der Waals surface area contributed by atoms with Crippen LogP contribution in [0.25, 0.3) is 22.4 Å². The van der Waals surface area contributed by atoms with Gasteiger partial charge in [-0.3, -0.25) is 0 Å². The Kier molecular flexibility index (Phi) is 4.61. The van der Waals surface area contributed by atoms with Crippen LogP contribution in [0.15, 0.2) is 54.9 Å². The Labute approximate surface area is 160 Å². The molecule has 0 aliphatic heterocycles. The van der Waals surface area contributed by atoms with Crippen LogP contribution in [0.2, 0.25) is 0 Å². The SMILES string of the molecule is Fc1cccc(-c2nc3cn[n+](Cc4cccc(OC(F)(F)F)c4)cc3[nH]2)c1F. The summed E-state index contributed by atoms with van der Waals surface area (Å²) in [6.07, 6.45) is -1.79. The van der Waals surface area contributed by atoms with Gasteiger partial charge < -0.3 is 9.72 Å². The van der Waals surface area contributed by atoms with Gasteiger partial charge in [-0.15, -0.1) is 13.2 Å². The molecule has 5 nitrogen and oxygen atoms in total. The topological polar surface area (TPSA) is 54.7 Å². The van der Waals surface area contributed by atoms with Gasteiger partial charge in [0.25, 0.3) is 0 Å². The van der Waals surface area contributed by atoms with Gasteiger partial charge in [0.1, 0.15) is 28.8 Å². The van der Waals surface area contributed by atoms with E-state index in [0.29, 0.717) is 16.6 Å². The minimum absolute atomic E-state index is 0.0234. The van der Waals surface area contributed by atoms with Crippen molar-refractivity contribution in [2.24, 2.45) is 0 Å². The van der Waals surface area contributed by atoms with Gasteiger partial charge in [0, 0.05) is 5.56 Å². The highest BCUT2D eigenvalue weighted by molar-refractivity contribution is 5.77. The first-order chi connectivity index (χ1) is 13.8. The fourth-order valence-corrected chi connectivity index (χ4v) is 2.84. The molecule has 0 atom stereocenters. The monoisotopic (exact) mass is 407 g/mol. The lowest BCUT2D eigenvalue weighted by molar-refractivity contribution is -0.745. The van der Waals surface area contributed by atoms with E-state index in [9.17, 15) is 22.0 Å². The molecule has 0 unspecified atom stereocenters. The fraction of sp³-hybridized carbons (Fsp3) is 0.105. The van der Waals surface area contributed by atoms with Gasteiger partial charge in [0.15, 0.2) is 18.2 Å². The van der Waals surface area contributed by atoms with Crippen LogP contribution in [0.3, 0.4) is 0 Å². The lowest BCUT2D eigenvalue weighted by Crippen LogP contribution is -2.37. The van der Waals surface area contributed by atoms with E-state index in [1.165, 1.54) is 41.2 Å². The summed E-state index contributed by atoms with van der Waals surface area (Å²) in [4.78, 5) is 7.10. The van der Waals surface area contributed by atoms with Crippen LogP contribution in [0.5, 0.6) is 5.75 Å². The summed E-state index contributed by atoms with van der Waals surface area (Å²) in [6, 6.07) is 9.30. The molecule has 2 heterocycles. The molecule has 2 aromatic heterocycles. The van der Waals surface area contributed by atoms with E-state index in [1.54, 1.807) is 12.3 Å². The van der Waals surface area contributed by atoms with Gasteiger partial charge in [0.2, 0.25) is 6.20 Å². The molecular weight excluding hydrogens is 395 g/mol. The Balaban J connectivity index is 1.62. The molecule has 0 fully saturated rings. The third kappa shape index (κ3) is 4.15. The van der Waals surface area contributed by atoms with E-state index in [1.807, 2.05) is 0 Å². The van der Waals surface area contributed by atoms with Crippen molar-refractivity contribution < 1.29 is 31.4 Å². The van der Waals surface area contributed by atoms with Crippen LogP contribution in [0, 0.1) is 11.6 Å². The zero-order valence-corrected chi connectivity index (χ0v) is 14.5. The van der Waals surface area contributed by atoms with Gasteiger partial charge in [-0.2, -0.15) is 0 Å². The molecule has 0 saturated carbocycles. The Morgan fingerprint density at radius 3 is 2.66 bits per heavy atom. The Hall–Kier alpha value is -3.56. The summed E-state index contributed by atoms with van der Waals surface area (Å²) in [6.45, 7) is 0.160. The highest BCUT2D eigenvalue weighted by Crippen LogP contribution is 2.25. The van der Waals surface area contributed by atoms with E-state index in [4.69, 9.17) is 0 Å². The first-order valence-electron chi connectivity index (χ1n) is 8.33. The average molecular weight is 407 g/mol. The Morgan fingerprint density at radius 2 is 1.86 bits per heavy atom. The minimum Gasteiger partial charge on any atom is -0.406 e. The molecular formula is C19H12F5N4O+. The number of benzene rings is 2. The molecule has 0 saturated heterocycles. The van der Waals surface area contributed by atoms with Crippen molar-refractivity contribution in [1.82, 2.24) is 15.1 Å². The predicted molar refractivity (Wildman–Crippen MR) is 91.7 cm³/mol. The number of nitrogens with one attached hydrogen (secondary N) is 1. The van der Waals surface area contributed by atoms with E-state index >= 15 is 0 Å². The van der Waals surface area contributed by atoms with Crippen molar-refractivity contribution in [1.29, 1.82) is 0 Å². The second kappa shape index (κ2) is 7.12. The van der Waals surface area contributed by atoms with Crippen molar-refractivity contribution in [3.8, 4) is 17.1 Å². The molecule has 29 heavy (non-hydrogen) atoms. The lowest BCUT2D eigenvalue weighted by atomic mass is 10.2. The molecule has 0 radical (unpaired) electrons. The molecule has 1 N–H and O–H groups in total. The number of fused-ring (bicyclic) bond motifs is 1. The van der Waals surface area contributed by atoms with Crippen molar-refractivity contribution >= 4 is 11.0 Å². The number of imidazole rings is 1. The number of aromatic amines is 1. The van der Waals surface area contributed by atoms with Crippen LogP contribution < -0.4 is 9.42 Å². The smallest absolute Gasteiger partial charge is 0.406 e. The summed E-state index contributed by atoms with van der Waals surface area (Å²) in [7, 11) is 0. The number of hydrogen-bond acceptors (Lipinski definition) is 3. The molecule has 2 aromatic carbocycles. The van der Waals surface area contributed by atoms with Gasteiger partial charge >= 0.3 is 6.36 Å². The number of halogens is 5. The van der Waals surface area contributed by atoms with Crippen LogP contribution in [0.1, 0.15) is 5.56 Å². The number of aromatic nitrogens is 4. The number of rotatable bonds is 4. The number of hydrogen-bond donors (Lipinski definition) is 1. The molecule has 4 rings (SSSR count). The zero-order chi connectivity index (χ0) is 20.6. The maximum absolute atomic E-state index is 14.0. The fourth-order valence-electron chi connectivity index (χ4n) is 2.84. The lowest BCUT2D eigenvalue weighted by Gasteiger charge is -2.08. The highest BCUT2D eigenvalue weighted by atomic mass is 19.4. The summed E-state index contributed by atoms with van der Waals surface area (Å²) < 4.78 is 69.9. The van der Waals surface area contributed by atoms with Crippen molar-refractivity contribution in [3.63, 3.8) is 0 Å². The van der Waals surface area contributed by atoms with E-state index in [2.05, 4.69) is 19.8 Å². The normalized spacial score (nSPS) is 11.8. The summed E-state index contributed by atoms with van der Waals surface area (Å²) in [5, 5.41) is 4.16.